The lowest BCUT2D eigenvalue weighted by atomic mass is 10.1. The average Bonchev–Trinajstić information content (AvgIpc) is 2.61. The van der Waals surface area contributed by atoms with E-state index < -0.39 is 9.73 Å². The van der Waals surface area contributed by atoms with Crippen LogP contribution < -0.4 is 9.47 Å². The standard InChI is InChI=1S/C16H20N4O4S/c1-23-14-7-11-12(8-15(14)24-2)18-10-19-16(11)13(21)9-20-3-5-25(17,22)6-4-20/h7-8,10,17H,3-6,9H2,1-2H3. The van der Waals surface area contributed by atoms with Crippen LogP contribution in [-0.2, 0) is 9.73 Å². The van der Waals surface area contributed by atoms with Gasteiger partial charge < -0.3 is 9.47 Å². The van der Waals surface area contributed by atoms with E-state index in [2.05, 4.69) is 9.97 Å². The van der Waals surface area contributed by atoms with Crippen molar-refractivity contribution in [2.75, 3.05) is 45.4 Å². The van der Waals surface area contributed by atoms with E-state index in [0.717, 1.165) is 0 Å². The Labute approximate surface area is 146 Å². The number of rotatable bonds is 5. The molecule has 0 atom stereocenters. The number of hydrogen-bond donors (Lipinski definition) is 1. The Morgan fingerprint density at radius 1 is 1.20 bits per heavy atom. The molecular formula is C16H20N4O4S. The van der Waals surface area contributed by atoms with Gasteiger partial charge in [0.05, 0.1) is 26.3 Å². The van der Waals surface area contributed by atoms with E-state index in [1.807, 2.05) is 4.90 Å². The second-order valence-electron chi connectivity index (χ2n) is 5.87. The van der Waals surface area contributed by atoms with Crippen molar-refractivity contribution in [3.8, 4) is 11.5 Å². The molecule has 0 unspecified atom stereocenters. The number of aromatic nitrogens is 2. The molecule has 134 valence electrons. The summed E-state index contributed by atoms with van der Waals surface area (Å²) in [4.78, 5) is 23.0. The summed E-state index contributed by atoms with van der Waals surface area (Å²) in [6, 6.07) is 3.41. The highest BCUT2D eigenvalue weighted by Crippen LogP contribution is 2.32. The number of methoxy groups -OCH3 is 2. The lowest BCUT2D eigenvalue weighted by molar-refractivity contribution is 0.0933. The van der Waals surface area contributed by atoms with Gasteiger partial charge in [-0.25, -0.2) is 14.2 Å². The molecule has 0 saturated carbocycles. The minimum Gasteiger partial charge on any atom is -0.493 e. The second kappa shape index (κ2) is 6.93. The number of Topliss-reactive ketones (excluding diaryl/α,β-unsaturated/α-hetero) is 1. The van der Waals surface area contributed by atoms with Gasteiger partial charge in [0, 0.05) is 45.8 Å². The van der Waals surface area contributed by atoms with Crippen LogP contribution >= 0.6 is 0 Å². The van der Waals surface area contributed by atoms with Gasteiger partial charge in [0.25, 0.3) is 0 Å². The number of carbonyl (C=O) groups is 1. The van der Waals surface area contributed by atoms with Gasteiger partial charge in [-0.2, -0.15) is 0 Å². The molecule has 9 heteroatoms. The fourth-order valence-electron chi connectivity index (χ4n) is 2.81. The summed E-state index contributed by atoms with van der Waals surface area (Å²) in [5, 5.41) is 0.603. The summed E-state index contributed by atoms with van der Waals surface area (Å²) < 4.78 is 29.9. The first-order chi connectivity index (χ1) is 11.9. The lowest BCUT2D eigenvalue weighted by Crippen LogP contribution is -2.42. The maximum atomic E-state index is 12.7. The first-order valence-electron chi connectivity index (χ1n) is 7.80. The Morgan fingerprint density at radius 3 is 2.48 bits per heavy atom. The maximum Gasteiger partial charge on any atom is 0.195 e. The SMILES string of the molecule is COc1cc2ncnc(C(=O)CN3CCS(=N)(=O)CC3)c2cc1OC. The predicted molar refractivity (Wildman–Crippen MR) is 94.0 cm³/mol. The number of nitrogens with one attached hydrogen (secondary N) is 1. The number of nitrogens with zero attached hydrogens (tertiary/aromatic N) is 3. The zero-order valence-corrected chi connectivity index (χ0v) is 15.0. The predicted octanol–water partition coefficient (Wildman–Crippen LogP) is 1.19. The molecule has 25 heavy (non-hydrogen) atoms. The van der Waals surface area contributed by atoms with Crippen molar-refractivity contribution in [3.63, 3.8) is 0 Å². The molecule has 8 nitrogen and oxygen atoms in total. The van der Waals surface area contributed by atoms with E-state index in [4.69, 9.17) is 14.3 Å². The van der Waals surface area contributed by atoms with Gasteiger partial charge in [0.15, 0.2) is 17.3 Å². The molecule has 3 rings (SSSR count). The van der Waals surface area contributed by atoms with Crippen molar-refractivity contribution in [1.82, 2.24) is 14.9 Å². The van der Waals surface area contributed by atoms with Crippen molar-refractivity contribution in [2.45, 2.75) is 0 Å². The van der Waals surface area contributed by atoms with Crippen LogP contribution in [0.3, 0.4) is 0 Å². The van der Waals surface area contributed by atoms with E-state index >= 15 is 0 Å². The summed E-state index contributed by atoms with van der Waals surface area (Å²) in [6.45, 7) is 1.14. The molecule has 1 aliphatic rings. The monoisotopic (exact) mass is 364 g/mol. The first kappa shape index (κ1) is 17.6. The molecule has 1 aliphatic heterocycles. The number of carbonyl (C=O) groups excluding carboxylic acids is 1. The number of benzene rings is 1. The van der Waals surface area contributed by atoms with Gasteiger partial charge in [-0.05, 0) is 6.07 Å². The summed E-state index contributed by atoms with van der Waals surface area (Å²) >= 11 is 0. The molecule has 0 radical (unpaired) electrons. The molecule has 1 aromatic heterocycles. The van der Waals surface area contributed by atoms with Crippen LogP contribution in [0, 0.1) is 4.78 Å². The Hall–Kier alpha value is -2.26. The number of hydrogen-bond acceptors (Lipinski definition) is 8. The lowest BCUT2D eigenvalue weighted by Gasteiger charge is -2.27. The highest BCUT2D eigenvalue weighted by Gasteiger charge is 2.23. The zero-order chi connectivity index (χ0) is 18.0. The smallest absolute Gasteiger partial charge is 0.195 e. The number of ether oxygens (including phenoxy) is 2. The molecule has 2 aromatic rings. The van der Waals surface area contributed by atoms with Gasteiger partial charge in [-0.1, -0.05) is 0 Å². The van der Waals surface area contributed by atoms with Crippen molar-refractivity contribution >= 4 is 26.4 Å². The van der Waals surface area contributed by atoms with E-state index in [1.165, 1.54) is 20.5 Å². The van der Waals surface area contributed by atoms with Gasteiger partial charge in [-0.3, -0.25) is 14.5 Å². The van der Waals surface area contributed by atoms with E-state index in [0.29, 0.717) is 52.7 Å². The molecule has 1 saturated heterocycles. The van der Waals surface area contributed by atoms with E-state index in [9.17, 15) is 9.00 Å². The highest BCUT2D eigenvalue weighted by molar-refractivity contribution is 7.92. The highest BCUT2D eigenvalue weighted by atomic mass is 32.2. The van der Waals surface area contributed by atoms with Gasteiger partial charge >= 0.3 is 0 Å². The fraction of sp³-hybridized carbons (Fsp3) is 0.438. The van der Waals surface area contributed by atoms with Crippen molar-refractivity contribution in [1.29, 1.82) is 4.78 Å². The Bertz CT molecular complexity index is 900. The minimum atomic E-state index is -2.48. The van der Waals surface area contributed by atoms with E-state index in [-0.39, 0.29) is 12.3 Å². The van der Waals surface area contributed by atoms with Gasteiger partial charge in [-0.15, -0.1) is 0 Å². The first-order valence-corrected chi connectivity index (χ1v) is 9.69. The topological polar surface area (TPSA) is 105 Å². The van der Waals surface area contributed by atoms with Crippen LogP contribution in [0.15, 0.2) is 18.5 Å². The van der Waals surface area contributed by atoms with Crippen LogP contribution in [0.1, 0.15) is 10.5 Å². The quantitative estimate of drug-likeness (QED) is 0.795. The zero-order valence-electron chi connectivity index (χ0n) is 14.2. The largest absolute Gasteiger partial charge is 0.493 e. The third kappa shape index (κ3) is 3.72. The van der Waals surface area contributed by atoms with Crippen molar-refractivity contribution in [2.24, 2.45) is 0 Å². The van der Waals surface area contributed by atoms with Gasteiger partial charge in [0.1, 0.15) is 12.0 Å². The van der Waals surface area contributed by atoms with Crippen molar-refractivity contribution in [3.05, 3.63) is 24.2 Å². The fourth-order valence-corrected chi connectivity index (χ4v) is 4.12. The summed E-state index contributed by atoms with van der Waals surface area (Å²) in [5.74, 6) is 1.50. The Balaban J connectivity index is 1.88. The second-order valence-corrected chi connectivity index (χ2v) is 8.31. The summed E-state index contributed by atoms with van der Waals surface area (Å²) in [5.41, 5.74) is 0.923. The third-order valence-electron chi connectivity index (χ3n) is 4.25. The summed E-state index contributed by atoms with van der Waals surface area (Å²) in [7, 11) is 0.592. The summed E-state index contributed by atoms with van der Waals surface area (Å²) in [6.07, 6.45) is 1.36. The molecule has 1 N–H and O–H groups in total. The third-order valence-corrected chi connectivity index (χ3v) is 5.93. The molecule has 0 spiro atoms. The number of ketones is 1. The minimum absolute atomic E-state index is 0.141. The molecule has 0 bridgehead atoms. The van der Waals surface area contributed by atoms with Crippen LogP contribution in [0.25, 0.3) is 10.9 Å². The Kier molecular flexibility index (Phi) is 4.87. The molecule has 1 aromatic carbocycles. The molecule has 0 amide bonds. The number of fused-ring (bicyclic) bond motifs is 1. The molecule has 0 aliphatic carbocycles. The van der Waals surface area contributed by atoms with Gasteiger partial charge in [0.2, 0.25) is 0 Å². The Morgan fingerprint density at radius 2 is 1.84 bits per heavy atom. The average molecular weight is 364 g/mol. The van der Waals surface area contributed by atoms with Crippen LogP contribution in [0.2, 0.25) is 0 Å². The molecule has 1 fully saturated rings. The van der Waals surface area contributed by atoms with Crippen molar-refractivity contribution < 1.29 is 18.5 Å². The van der Waals surface area contributed by atoms with E-state index in [1.54, 1.807) is 12.1 Å². The molecule has 2 heterocycles. The normalized spacial score (nSPS) is 17.4. The van der Waals surface area contributed by atoms with Crippen LogP contribution in [0.5, 0.6) is 11.5 Å². The van der Waals surface area contributed by atoms with Crippen LogP contribution in [0.4, 0.5) is 0 Å². The van der Waals surface area contributed by atoms with Crippen LogP contribution in [-0.4, -0.2) is 70.2 Å². The maximum absolute atomic E-state index is 12.7. The molecular weight excluding hydrogens is 344 g/mol.